The molecule has 132 valence electrons. The molecule has 0 amide bonds. The van der Waals surface area contributed by atoms with Crippen molar-refractivity contribution in [3.63, 3.8) is 0 Å². The lowest BCUT2D eigenvalue weighted by molar-refractivity contribution is 0.00232. The fraction of sp³-hybridized carbons (Fsp3) is 0.632. The molecule has 5 nitrogen and oxygen atoms in total. The molecule has 0 fully saturated rings. The van der Waals surface area contributed by atoms with Crippen molar-refractivity contribution < 1.29 is 14.6 Å². The van der Waals surface area contributed by atoms with Crippen LogP contribution in [0.3, 0.4) is 0 Å². The van der Waals surface area contributed by atoms with Crippen molar-refractivity contribution in [3.8, 4) is 11.8 Å². The molecule has 1 aromatic heterocycles. The van der Waals surface area contributed by atoms with Crippen LogP contribution in [0.1, 0.15) is 64.9 Å². The lowest BCUT2D eigenvalue weighted by atomic mass is 9.73. The highest BCUT2D eigenvalue weighted by atomic mass is 16.5. The smallest absolute Gasteiger partial charge is 0.359 e. The number of ether oxygens (including phenoxy) is 1. The number of hydrogen-bond donors (Lipinski definition) is 1. The number of hydrogen-bond acceptors (Lipinski definition) is 5. The van der Waals surface area contributed by atoms with Gasteiger partial charge < -0.3 is 9.84 Å². The number of aliphatic hydroxyl groups is 1. The van der Waals surface area contributed by atoms with Gasteiger partial charge >= 0.3 is 5.97 Å². The van der Waals surface area contributed by atoms with E-state index in [2.05, 4.69) is 42.6 Å². The van der Waals surface area contributed by atoms with Crippen LogP contribution in [0.2, 0.25) is 0 Å². The molecule has 0 aromatic carbocycles. The van der Waals surface area contributed by atoms with Crippen molar-refractivity contribution in [2.75, 3.05) is 0 Å². The first-order chi connectivity index (χ1) is 11.0. The van der Waals surface area contributed by atoms with E-state index in [1.165, 1.54) is 18.6 Å². The van der Waals surface area contributed by atoms with Crippen LogP contribution < -0.4 is 0 Å². The molecule has 5 heteroatoms. The largest absolute Gasteiger partial charge is 0.444 e. The summed E-state index contributed by atoms with van der Waals surface area (Å²) in [7, 11) is 0. The number of rotatable bonds is 5. The van der Waals surface area contributed by atoms with Gasteiger partial charge in [0.15, 0.2) is 11.8 Å². The van der Waals surface area contributed by atoms with E-state index in [0.29, 0.717) is 6.42 Å². The second kappa shape index (κ2) is 8.25. The molecule has 1 aromatic rings. The van der Waals surface area contributed by atoms with Crippen LogP contribution in [-0.2, 0) is 4.74 Å². The zero-order valence-electron chi connectivity index (χ0n) is 15.5. The molecule has 1 rings (SSSR count). The minimum Gasteiger partial charge on any atom is -0.444 e. The minimum atomic E-state index is -0.729. The summed E-state index contributed by atoms with van der Waals surface area (Å²) in [4.78, 5) is 20.2. The molecule has 2 unspecified atom stereocenters. The molecule has 0 aliphatic heterocycles. The number of nitrogens with zero attached hydrogens (tertiary/aromatic N) is 2. The molecular formula is C19H28N2O3. The fourth-order valence-corrected chi connectivity index (χ4v) is 2.69. The van der Waals surface area contributed by atoms with Gasteiger partial charge in [-0.25, -0.2) is 9.78 Å². The lowest BCUT2D eigenvalue weighted by Crippen LogP contribution is -2.36. The highest BCUT2D eigenvalue weighted by molar-refractivity contribution is 5.87. The summed E-state index contributed by atoms with van der Waals surface area (Å²) in [5.41, 5.74) is -0.186. The number of aliphatic hydroxyl groups excluding tert-OH is 1. The topological polar surface area (TPSA) is 72.3 Å². The molecule has 0 aliphatic carbocycles. The summed E-state index contributed by atoms with van der Waals surface area (Å²) in [5, 5.41) is 9.72. The van der Waals surface area contributed by atoms with Gasteiger partial charge in [0.2, 0.25) is 0 Å². The van der Waals surface area contributed by atoms with Crippen LogP contribution in [0.15, 0.2) is 18.6 Å². The maximum atomic E-state index is 12.3. The van der Waals surface area contributed by atoms with Gasteiger partial charge in [0.25, 0.3) is 0 Å². The first kappa shape index (κ1) is 20.1. The Balaban J connectivity index is 3.04. The van der Waals surface area contributed by atoms with E-state index in [0.717, 1.165) is 6.42 Å². The quantitative estimate of drug-likeness (QED) is 0.662. The van der Waals surface area contributed by atoms with Crippen LogP contribution in [0.4, 0.5) is 0 Å². The van der Waals surface area contributed by atoms with Gasteiger partial charge in [0, 0.05) is 17.8 Å². The van der Waals surface area contributed by atoms with Crippen molar-refractivity contribution >= 4 is 5.97 Å². The van der Waals surface area contributed by atoms with E-state index in [-0.39, 0.29) is 16.5 Å². The third-order valence-corrected chi connectivity index (χ3v) is 3.46. The Morgan fingerprint density at radius 3 is 2.42 bits per heavy atom. The van der Waals surface area contributed by atoms with Gasteiger partial charge in [-0.1, -0.05) is 53.4 Å². The van der Waals surface area contributed by atoms with Crippen LogP contribution in [-0.4, -0.2) is 33.3 Å². The van der Waals surface area contributed by atoms with Crippen molar-refractivity contribution in [2.45, 2.75) is 66.6 Å². The number of carbonyl (C=O) groups is 1. The third kappa shape index (κ3) is 6.67. The predicted molar refractivity (Wildman–Crippen MR) is 93.2 cm³/mol. The normalized spacial score (nSPS) is 14.3. The molecule has 24 heavy (non-hydrogen) atoms. The average Bonchev–Trinajstić information content (AvgIpc) is 2.49. The van der Waals surface area contributed by atoms with E-state index >= 15 is 0 Å². The van der Waals surface area contributed by atoms with E-state index in [1.807, 2.05) is 20.8 Å². The van der Waals surface area contributed by atoms with Gasteiger partial charge in [-0.2, -0.15) is 0 Å². The van der Waals surface area contributed by atoms with E-state index < -0.39 is 18.2 Å². The summed E-state index contributed by atoms with van der Waals surface area (Å²) in [5.74, 6) is 5.16. The average molecular weight is 332 g/mol. The Hall–Kier alpha value is -1.93. The van der Waals surface area contributed by atoms with Crippen molar-refractivity contribution in [1.29, 1.82) is 0 Å². The Morgan fingerprint density at radius 1 is 1.25 bits per heavy atom. The van der Waals surface area contributed by atoms with E-state index in [4.69, 9.17) is 4.74 Å². The second-order valence-electron chi connectivity index (χ2n) is 7.81. The molecule has 0 saturated heterocycles. The Bertz CT molecular complexity index is 595. The summed E-state index contributed by atoms with van der Waals surface area (Å²) in [6.07, 6.45) is 4.26. The standard InChI is InChI=1S/C19H28N2O3/c1-7-14(22)8-9-16(19(5,6)13-18(2,3)4)24-17(23)15-12-20-10-11-21-15/h10-12,14,16,22H,7,13H2,1-6H3. The van der Waals surface area contributed by atoms with Crippen molar-refractivity contribution in [3.05, 3.63) is 24.3 Å². The molecule has 2 atom stereocenters. The molecule has 0 aliphatic rings. The maximum absolute atomic E-state index is 12.3. The molecule has 0 saturated carbocycles. The number of carbonyl (C=O) groups excluding carboxylic acids is 1. The third-order valence-electron chi connectivity index (χ3n) is 3.46. The molecule has 0 spiro atoms. The highest BCUT2D eigenvalue weighted by Gasteiger charge is 2.35. The van der Waals surface area contributed by atoms with Gasteiger partial charge in [-0.3, -0.25) is 4.98 Å². The molecule has 0 radical (unpaired) electrons. The first-order valence-electron chi connectivity index (χ1n) is 8.21. The molecule has 1 N–H and O–H groups in total. The molecule has 1 heterocycles. The number of aromatic nitrogens is 2. The maximum Gasteiger partial charge on any atom is 0.359 e. The molecule has 0 bridgehead atoms. The lowest BCUT2D eigenvalue weighted by Gasteiger charge is -2.36. The molecular weight excluding hydrogens is 304 g/mol. The zero-order chi connectivity index (χ0) is 18.4. The minimum absolute atomic E-state index is 0.0474. The van der Waals surface area contributed by atoms with Gasteiger partial charge in [0.05, 0.1) is 6.20 Å². The van der Waals surface area contributed by atoms with Crippen molar-refractivity contribution in [1.82, 2.24) is 9.97 Å². The van der Waals surface area contributed by atoms with Gasteiger partial charge in [-0.05, 0) is 18.3 Å². The SMILES string of the molecule is CCC(O)C#CC(OC(=O)c1cnccn1)C(C)(C)CC(C)(C)C. The summed E-state index contributed by atoms with van der Waals surface area (Å²) in [6, 6.07) is 0. The van der Waals surface area contributed by atoms with E-state index in [9.17, 15) is 9.90 Å². The Morgan fingerprint density at radius 2 is 1.92 bits per heavy atom. The monoisotopic (exact) mass is 332 g/mol. The van der Waals surface area contributed by atoms with Crippen LogP contribution in [0.5, 0.6) is 0 Å². The number of esters is 1. The summed E-state index contributed by atoms with van der Waals surface area (Å²) >= 11 is 0. The van der Waals surface area contributed by atoms with Gasteiger partial charge in [-0.15, -0.1) is 0 Å². The zero-order valence-corrected chi connectivity index (χ0v) is 15.5. The Labute approximate surface area is 144 Å². The van der Waals surface area contributed by atoms with Crippen LogP contribution >= 0.6 is 0 Å². The van der Waals surface area contributed by atoms with Gasteiger partial charge in [0.1, 0.15) is 6.10 Å². The predicted octanol–water partition coefficient (Wildman–Crippen LogP) is 3.24. The first-order valence-corrected chi connectivity index (χ1v) is 8.21. The van der Waals surface area contributed by atoms with Crippen molar-refractivity contribution in [2.24, 2.45) is 10.8 Å². The Kier molecular flexibility index (Phi) is 6.92. The second-order valence-corrected chi connectivity index (χ2v) is 7.81. The van der Waals surface area contributed by atoms with E-state index in [1.54, 1.807) is 0 Å². The fourth-order valence-electron chi connectivity index (χ4n) is 2.69. The summed E-state index contributed by atoms with van der Waals surface area (Å²) < 4.78 is 5.62. The summed E-state index contributed by atoms with van der Waals surface area (Å²) in [6.45, 7) is 12.3. The van der Waals surface area contributed by atoms with Crippen LogP contribution in [0, 0.1) is 22.7 Å². The van der Waals surface area contributed by atoms with Crippen LogP contribution in [0.25, 0.3) is 0 Å². The highest BCUT2D eigenvalue weighted by Crippen LogP contribution is 2.37.